The first-order valence-electron chi connectivity index (χ1n) is 5.03. The summed E-state index contributed by atoms with van der Waals surface area (Å²) in [6.07, 6.45) is 2.86. The molecule has 0 bridgehead atoms. The normalized spacial score (nSPS) is 24.2. The predicted octanol–water partition coefficient (Wildman–Crippen LogP) is 1.40. The van der Waals surface area contributed by atoms with Crippen LogP contribution in [0.2, 0.25) is 0 Å². The maximum Gasteiger partial charge on any atom is 0.0621 e. The van der Waals surface area contributed by atoms with Gasteiger partial charge in [0.25, 0.3) is 0 Å². The van der Waals surface area contributed by atoms with E-state index in [1.54, 1.807) is 0 Å². The monoisotopic (exact) mass is 182 g/mol. The van der Waals surface area contributed by atoms with Crippen molar-refractivity contribution in [3.8, 4) is 6.07 Å². The number of nitrogens with zero attached hydrogens (tertiary/aromatic N) is 2. The molecule has 0 aromatic carbocycles. The molecule has 1 aliphatic heterocycles. The zero-order valence-electron chi connectivity index (χ0n) is 8.33. The highest BCUT2D eigenvalue weighted by molar-refractivity contribution is 4.72. The van der Waals surface area contributed by atoms with Crippen molar-refractivity contribution in [2.45, 2.75) is 32.2 Å². The average molecular weight is 182 g/mol. The van der Waals surface area contributed by atoms with Gasteiger partial charge in [0.1, 0.15) is 0 Å². The van der Waals surface area contributed by atoms with Crippen LogP contribution < -0.4 is 0 Å². The van der Waals surface area contributed by atoms with E-state index in [-0.39, 0.29) is 0 Å². The van der Waals surface area contributed by atoms with Gasteiger partial charge in [-0.3, -0.25) is 4.90 Å². The molecule has 74 valence electrons. The summed E-state index contributed by atoms with van der Waals surface area (Å²) in [6, 6.07) is 2.73. The molecule has 0 aromatic rings. The Morgan fingerprint density at radius 1 is 1.54 bits per heavy atom. The van der Waals surface area contributed by atoms with Gasteiger partial charge < -0.3 is 4.74 Å². The summed E-state index contributed by atoms with van der Waals surface area (Å²) < 4.78 is 5.35. The van der Waals surface area contributed by atoms with Gasteiger partial charge in [0, 0.05) is 19.0 Å². The summed E-state index contributed by atoms with van der Waals surface area (Å²) in [6.45, 7) is 6.09. The summed E-state index contributed by atoms with van der Waals surface area (Å²) in [7, 11) is 0. The molecule has 0 amide bonds. The number of unbranched alkanes of at least 4 members (excludes halogenated alkanes) is 2. The largest absolute Gasteiger partial charge is 0.379 e. The Hall–Kier alpha value is -0.590. The topological polar surface area (TPSA) is 36.3 Å². The Balaban J connectivity index is 2.09. The fraction of sp³-hybridized carbons (Fsp3) is 0.900. The van der Waals surface area contributed by atoms with Gasteiger partial charge in [-0.2, -0.15) is 5.26 Å². The molecule has 13 heavy (non-hydrogen) atoms. The van der Waals surface area contributed by atoms with Crippen LogP contribution in [0.25, 0.3) is 0 Å². The van der Waals surface area contributed by atoms with E-state index in [0.717, 1.165) is 39.1 Å². The Morgan fingerprint density at radius 2 is 2.38 bits per heavy atom. The fourth-order valence-corrected chi connectivity index (χ4v) is 1.61. The molecule has 0 N–H and O–H groups in total. The SMILES string of the molecule is CC1COCCN1CCCCC#N. The van der Waals surface area contributed by atoms with Crippen molar-refractivity contribution in [3.63, 3.8) is 0 Å². The smallest absolute Gasteiger partial charge is 0.0621 e. The Morgan fingerprint density at radius 3 is 3.08 bits per heavy atom. The van der Waals surface area contributed by atoms with Crippen molar-refractivity contribution >= 4 is 0 Å². The standard InChI is InChI=1S/C10H18N2O/c1-10-9-13-8-7-12(10)6-4-2-3-5-11/h10H,2-4,6-9H2,1H3. The molecule has 1 rings (SSSR count). The molecule has 1 unspecified atom stereocenters. The molecule has 0 aliphatic carbocycles. The van der Waals surface area contributed by atoms with E-state index >= 15 is 0 Å². The van der Waals surface area contributed by atoms with Crippen LogP contribution in [0.1, 0.15) is 26.2 Å². The van der Waals surface area contributed by atoms with Crippen LogP contribution in [-0.4, -0.2) is 37.2 Å². The predicted molar refractivity (Wildman–Crippen MR) is 51.3 cm³/mol. The number of morpholine rings is 1. The van der Waals surface area contributed by atoms with Gasteiger partial charge in [-0.1, -0.05) is 0 Å². The second-order valence-electron chi connectivity index (χ2n) is 3.58. The number of hydrogen-bond donors (Lipinski definition) is 0. The molecular formula is C10H18N2O. The van der Waals surface area contributed by atoms with E-state index in [9.17, 15) is 0 Å². The molecule has 3 nitrogen and oxygen atoms in total. The highest BCUT2D eigenvalue weighted by atomic mass is 16.5. The Kier molecular flexibility index (Phi) is 4.81. The highest BCUT2D eigenvalue weighted by Crippen LogP contribution is 2.07. The van der Waals surface area contributed by atoms with Crippen LogP contribution in [0.4, 0.5) is 0 Å². The van der Waals surface area contributed by atoms with E-state index < -0.39 is 0 Å². The van der Waals surface area contributed by atoms with Crippen LogP contribution in [0.15, 0.2) is 0 Å². The molecule has 0 saturated carbocycles. The van der Waals surface area contributed by atoms with Gasteiger partial charge in [0.05, 0.1) is 19.3 Å². The van der Waals surface area contributed by atoms with Crippen molar-refractivity contribution in [3.05, 3.63) is 0 Å². The fourth-order valence-electron chi connectivity index (χ4n) is 1.61. The lowest BCUT2D eigenvalue weighted by Crippen LogP contribution is -2.43. The summed E-state index contributed by atoms with van der Waals surface area (Å²) in [5.41, 5.74) is 0. The van der Waals surface area contributed by atoms with Crippen molar-refractivity contribution in [1.29, 1.82) is 5.26 Å². The molecule has 1 fully saturated rings. The van der Waals surface area contributed by atoms with E-state index in [0.29, 0.717) is 12.5 Å². The molecule has 1 aliphatic rings. The second kappa shape index (κ2) is 5.95. The van der Waals surface area contributed by atoms with Gasteiger partial charge in [0.15, 0.2) is 0 Å². The van der Waals surface area contributed by atoms with Crippen LogP contribution in [0.5, 0.6) is 0 Å². The second-order valence-corrected chi connectivity index (χ2v) is 3.58. The van der Waals surface area contributed by atoms with Crippen LogP contribution >= 0.6 is 0 Å². The minimum atomic E-state index is 0.552. The number of nitriles is 1. The van der Waals surface area contributed by atoms with E-state index in [2.05, 4.69) is 17.9 Å². The minimum absolute atomic E-state index is 0.552. The third-order valence-corrected chi connectivity index (χ3v) is 2.49. The van der Waals surface area contributed by atoms with E-state index in [1.165, 1.54) is 0 Å². The maximum atomic E-state index is 8.37. The first-order chi connectivity index (χ1) is 6.34. The third-order valence-electron chi connectivity index (χ3n) is 2.49. The highest BCUT2D eigenvalue weighted by Gasteiger charge is 2.17. The lowest BCUT2D eigenvalue weighted by atomic mass is 10.2. The zero-order valence-corrected chi connectivity index (χ0v) is 8.33. The number of rotatable bonds is 4. The van der Waals surface area contributed by atoms with Crippen molar-refractivity contribution in [2.75, 3.05) is 26.3 Å². The summed E-state index contributed by atoms with van der Waals surface area (Å²) in [4.78, 5) is 2.45. The minimum Gasteiger partial charge on any atom is -0.379 e. The maximum absolute atomic E-state index is 8.37. The summed E-state index contributed by atoms with van der Waals surface area (Å²) >= 11 is 0. The van der Waals surface area contributed by atoms with Crippen LogP contribution in [0.3, 0.4) is 0 Å². The molecule has 1 atom stereocenters. The Labute approximate surface area is 80.3 Å². The van der Waals surface area contributed by atoms with Crippen LogP contribution in [0, 0.1) is 11.3 Å². The molecule has 0 spiro atoms. The van der Waals surface area contributed by atoms with Gasteiger partial charge in [0.2, 0.25) is 0 Å². The van der Waals surface area contributed by atoms with Crippen LogP contribution in [-0.2, 0) is 4.74 Å². The molecular weight excluding hydrogens is 164 g/mol. The lowest BCUT2D eigenvalue weighted by molar-refractivity contribution is -0.000812. The van der Waals surface area contributed by atoms with Gasteiger partial charge in [-0.25, -0.2) is 0 Å². The first kappa shape index (κ1) is 10.5. The zero-order chi connectivity index (χ0) is 9.52. The quantitative estimate of drug-likeness (QED) is 0.617. The lowest BCUT2D eigenvalue weighted by Gasteiger charge is -2.33. The number of ether oxygens (including phenoxy) is 1. The van der Waals surface area contributed by atoms with Crippen molar-refractivity contribution in [2.24, 2.45) is 0 Å². The first-order valence-corrected chi connectivity index (χ1v) is 5.03. The molecule has 0 aromatic heterocycles. The average Bonchev–Trinajstić information content (AvgIpc) is 2.15. The van der Waals surface area contributed by atoms with E-state index in [4.69, 9.17) is 10.00 Å². The molecule has 1 heterocycles. The van der Waals surface area contributed by atoms with Gasteiger partial charge >= 0.3 is 0 Å². The molecule has 3 heteroatoms. The summed E-state index contributed by atoms with van der Waals surface area (Å²) in [5, 5.41) is 8.37. The van der Waals surface area contributed by atoms with Gasteiger partial charge in [-0.15, -0.1) is 0 Å². The van der Waals surface area contributed by atoms with Gasteiger partial charge in [-0.05, 0) is 26.3 Å². The number of hydrogen-bond acceptors (Lipinski definition) is 3. The molecule has 0 radical (unpaired) electrons. The van der Waals surface area contributed by atoms with Crippen molar-refractivity contribution in [1.82, 2.24) is 4.90 Å². The van der Waals surface area contributed by atoms with E-state index in [1.807, 2.05) is 0 Å². The Bertz CT molecular complexity index is 176. The third kappa shape index (κ3) is 3.75. The summed E-state index contributed by atoms with van der Waals surface area (Å²) in [5.74, 6) is 0. The molecule has 1 saturated heterocycles. The van der Waals surface area contributed by atoms with Crippen molar-refractivity contribution < 1.29 is 4.74 Å².